The van der Waals surface area contributed by atoms with Crippen LogP contribution in [0.3, 0.4) is 0 Å². The van der Waals surface area contributed by atoms with Crippen LogP contribution in [0.4, 0.5) is 5.82 Å². The molecule has 0 saturated carbocycles. The number of aromatic nitrogens is 2. The van der Waals surface area contributed by atoms with E-state index in [9.17, 15) is 4.79 Å². The summed E-state index contributed by atoms with van der Waals surface area (Å²) in [5, 5.41) is 4.66. The first-order valence-electron chi connectivity index (χ1n) is 6.22. The second-order valence-corrected chi connectivity index (χ2v) is 4.56. The number of rotatable bonds is 2. The first kappa shape index (κ1) is 12.3. The van der Waals surface area contributed by atoms with Gasteiger partial charge in [0.25, 0.3) is 0 Å². The average molecular weight is 267 g/mol. The maximum Gasteiger partial charge on any atom is 0.222 e. The highest BCUT2D eigenvalue weighted by Gasteiger charge is 2.06. The minimum Gasteiger partial charge on any atom is -0.441 e. The summed E-state index contributed by atoms with van der Waals surface area (Å²) in [6, 6.07) is 7.75. The Kier molecular flexibility index (Phi) is 2.95. The number of carbonyl (C=O) groups excluding carboxylic acids is 1. The molecule has 1 aromatic carbocycles. The Morgan fingerprint density at radius 1 is 1.15 bits per heavy atom. The van der Waals surface area contributed by atoms with Crippen LogP contribution in [0.15, 0.2) is 41.1 Å². The third-order valence-corrected chi connectivity index (χ3v) is 2.93. The number of hydrogen-bond acceptors (Lipinski definition) is 4. The lowest BCUT2D eigenvalue weighted by atomic mass is 10.1. The lowest BCUT2D eigenvalue weighted by molar-refractivity contribution is -0.114. The zero-order valence-electron chi connectivity index (χ0n) is 11.2. The van der Waals surface area contributed by atoms with E-state index >= 15 is 0 Å². The van der Waals surface area contributed by atoms with E-state index in [1.807, 2.05) is 31.2 Å². The highest BCUT2D eigenvalue weighted by Crippen LogP contribution is 2.25. The van der Waals surface area contributed by atoms with Gasteiger partial charge in [-0.3, -0.25) is 4.79 Å². The molecule has 0 spiro atoms. The third kappa shape index (κ3) is 2.38. The van der Waals surface area contributed by atoms with E-state index < -0.39 is 0 Å². The van der Waals surface area contributed by atoms with Crippen molar-refractivity contribution in [3.63, 3.8) is 0 Å². The summed E-state index contributed by atoms with van der Waals surface area (Å²) < 4.78 is 5.52. The normalized spacial score (nSPS) is 10.7. The molecule has 1 amide bonds. The molecule has 3 aromatic rings. The monoisotopic (exact) mass is 267 g/mol. The Labute approximate surface area is 115 Å². The van der Waals surface area contributed by atoms with Gasteiger partial charge in [0.05, 0.1) is 6.20 Å². The van der Waals surface area contributed by atoms with E-state index in [-0.39, 0.29) is 5.91 Å². The van der Waals surface area contributed by atoms with Crippen molar-refractivity contribution in [3.05, 3.63) is 42.5 Å². The van der Waals surface area contributed by atoms with Crippen LogP contribution in [0, 0.1) is 6.92 Å². The number of amides is 1. The molecule has 0 aliphatic rings. The average Bonchev–Trinajstić information content (AvgIpc) is 2.84. The van der Waals surface area contributed by atoms with Gasteiger partial charge in [-0.05, 0) is 17.5 Å². The number of pyridine rings is 1. The van der Waals surface area contributed by atoms with E-state index in [4.69, 9.17) is 4.42 Å². The van der Waals surface area contributed by atoms with Gasteiger partial charge in [0.15, 0.2) is 11.7 Å². The number of hydrogen-bond donors (Lipinski definition) is 1. The van der Waals surface area contributed by atoms with Gasteiger partial charge in [-0.2, -0.15) is 0 Å². The fourth-order valence-electron chi connectivity index (χ4n) is 2.04. The Balaban J connectivity index is 2.06. The molecule has 3 rings (SSSR count). The second-order valence-electron chi connectivity index (χ2n) is 4.56. The summed E-state index contributed by atoms with van der Waals surface area (Å²) in [6.07, 6.45) is 3.43. The minimum absolute atomic E-state index is 0.140. The summed E-state index contributed by atoms with van der Waals surface area (Å²) in [5.74, 6) is 1.76. The van der Waals surface area contributed by atoms with Crippen molar-refractivity contribution in [1.82, 2.24) is 9.97 Å². The number of nitrogens with zero attached hydrogens (tertiary/aromatic N) is 2. The lowest BCUT2D eigenvalue weighted by Gasteiger charge is -2.04. The van der Waals surface area contributed by atoms with Crippen LogP contribution in [-0.2, 0) is 4.79 Å². The summed E-state index contributed by atoms with van der Waals surface area (Å²) in [6.45, 7) is 3.27. The van der Waals surface area contributed by atoms with Crippen molar-refractivity contribution in [2.75, 3.05) is 5.32 Å². The number of benzene rings is 1. The molecule has 5 heteroatoms. The van der Waals surface area contributed by atoms with Crippen molar-refractivity contribution in [2.45, 2.75) is 13.8 Å². The van der Waals surface area contributed by atoms with Crippen LogP contribution < -0.4 is 5.32 Å². The lowest BCUT2D eigenvalue weighted by Crippen LogP contribution is -2.06. The summed E-state index contributed by atoms with van der Waals surface area (Å²) in [4.78, 5) is 19.3. The molecular weight excluding hydrogens is 254 g/mol. The second kappa shape index (κ2) is 4.77. The first-order chi connectivity index (χ1) is 9.61. The molecule has 0 fully saturated rings. The van der Waals surface area contributed by atoms with Gasteiger partial charge in [-0.25, -0.2) is 9.97 Å². The number of fused-ring (bicyclic) bond motifs is 1. The van der Waals surface area contributed by atoms with E-state index in [1.165, 1.54) is 6.92 Å². The molecule has 2 heterocycles. The Hall–Kier alpha value is -2.69. The molecule has 1 N–H and O–H groups in total. The summed E-state index contributed by atoms with van der Waals surface area (Å²) in [5.41, 5.74) is 0.943. The highest BCUT2D eigenvalue weighted by molar-refractivity contribution is 5.92. The van der Waals surface area contributed by atoms with Crippen molar-refractivity contribution in [2.24, 2.45) is 0 Å². The van der Waals surface area contributed by atoms with Gasteiger partial charge < -0.3 is 9.73 Å². The molecule has 0 aliphatic carbocycles. The van der Waals surface area contributed by atoms with Crippen LogP contribution >= 0.6 is 0 Å². The smallest absolute Gasteiger partial charge is 0.222 e. The molecule has 2 aromatic heterocycles. The molecule has 5 nitrogen and oxygen atoms in total. The fourth-order valence-corrected chi connectivity index (χ4v) is 2.04. The van der Waals surface area contributed by atoms with Gasteiger partial charge in [-0.15, -0.1) is 0 Å². The minimum atomic E-state index is -0.140. The highest BCUT2D eigenvalue weighted by atomic mass is 16.4. The predicted molar refractivity (Wildman–Crippen MR) is 76.3 cm³/mol. The molecule has 0 unspecified atom stereocenters. The number of oxazole rings is 1. The zero-order chi connectivity index (χ0) is 14.1. The van der Waals surface area contributed by atoms with Gasteiger partial charge in [0.2, 0.25) is 5.91 Å². The van der Waals surface area contributed by atoms with Gasteiger partial charge in [-0.1, -0.05) is 12.1 Å². The van der Waals surface area contributed by atoms with Gasteiger partial charge in [0.1, 0.15) is 5.82 Å². The summed E-state index contributed by atoms with van der Waals surface area (Å²) >= 11 is 0. The molecular formula is C15H13N3O2. The number of carbonyl (C=O) groups is 1. The molecule has 20 heavy (non-hydrogen) atoms. The Morgan fingerprint density at radius 2 is 2.00 bits per heavy atom. The Morgan fingerprint density at radius 3 is 2.70 bits per heavy atom. The van der Waals surface area contributed by atoms with Crippen LogP contribution in [0.2, 0.25) is 0 Å². The Bertz CT molecular complexity index is 793. The van der Waals surface area contributed by atoms with Gasteiger partial charge in [0, 0.05) is 31.0 Å². The van der Waals surface area contributed by atoms with E-state index in [2.05, 4.69) is 15.3 Å². The molecule has 0 atom stereocenters. The standard InChI is InChI=1S/C15H13N3O2/c1-9(19)18-15-6-13-5-11(3-4-12(13)7-17-15)14-8-16-10(2)20-14/h3-8H,1-2H3,(H,17,18,19). The maximum atomic E-state index is 11.1. The first-order valence-corrected chi connectivity index (χ1v) is 6.22. The summed E-state index contributed by atoms with van der Waals surface area (Å²) in [7, 11) is 0. The maximum absolute atomic E-state index is 11.1. The molecule has 0 radical (unpaired) electrons. The molecule has 100 valence electrons. The van der Waals surface area contributed by atoms with Gasteiger partial charge >= 0.3 is 0 Å². The van der Waals surface area contributed by atoms with Crippen molar-refractivity contribution >= 4 is 22.5 Å². The number of aryl methyl sites for hydroxylation is 1. The van der Waals surface area contributed by atoms with Crippen LogP contribution in [0.5, 0.6) is 0 Å². The van der Waals surface area contributed by atoms with E-state index in [0.29, 0.717) is 11.7 Å². The number of nitrogens with one attached hydrogen (secondary N) is 1. The quantitative estimate of drug-likeness (QED) is 0.774. The third-order valence-electron chi connectivity index (χ3n) is 2.93. The molecule has 0 saturated heterocycles. The van der Waals surface area contributed by atoms with Crippen LogP contribution in [0.1, 0.15) is 12.8 Å². The SMILES string of the molecule is CC(=O)Nc1cc2cc(-c3cnc(C)o3)ccc2cn1. The van der Waals surface area contributed by atoms with Crippen LogP contribution in [0.25, 0.3) is 22.1 Å². The molecule has 0 aliphatic heterocycles. The van der Waals surface area contributed by atoms with E-state index in [1.54, 1.807) is 12.4 Å². The zero-order valence-corrected chi connectivity index (χ0v) is 11.2. The predicted octanol–water partition coefficient (Wildman–Crippen LogP) is 3.16. The topological polar surface area (TPSA) is 68.0 Å². The fraction of sp³-hybridized carbons (Fsp3) is 0.133. The largest absolute Gasteiger partial charge is 0.441 e. The van der Waals surface area contributed by atoms with Crippen LogP contribution in [-0.4, -0.2) is 15.9 Å². The number of anilines is 1. The van der Waals surface area contributed by atoms with E-state index in [0.717, 1.165) is 22.1 Å². The van der Waals surface area contributed by atoms with Crippen molar-refractivity contribution in [3.8, 4) is 11.3 Å². The van der Waals surface area contributed by atoms with Crippen molar-refractivity contribution < 1.29 is 9.21 Å². The molecule has 0 bridgehead atoms. The van der Waals surface area contributed by atoms with Crippen molar-refractivity contribution in [1.29, 1.82) is 0 Å².